The Morgan fingerprint density at radius 1 is 1.12 bits per heavy atom. The van der Waals surface area contributed by atoms with Gasteiger partial charge in [0.2, 0.25) is 5.89 Å². The molecule has 0 N–H and O–H groups in total. The van der Waals surface area contributed by atoms with Crippen molar-refractivity contribution in [3.8, 4) is 23.3 Å². The number of alkyl halides is 2. The van der Waals surface area contributed by atoms with Gasteiger partial charge in [0.1, 0.15) is 12.4 Å². The molecule has 3 rings (SSSR count). The molecule has 2 heterocycles. The average molecular weight is 342 g/mol. The lowest BCUT2D eigenvalue weighted by Gasteiger charge is -2.06. The van der Waals surface area contributed by atoms with Crippen molar-refractivity contribution in [1.29, 1.82) is 5.26 Å². The standard InChI is InChI=1S/C17H12F2N4O2/c18-15(19)17-23-22-16(25-17)12-3-4-13(21-9-12)10-24-14-5-1-11(2-6-14)7-8-20/h1-6,9,15H,7,10H2. The molecule has 1 aromatic carbocycles. The summed E-state index contributed by atoms with van der Waals surface area (Å²) >= 11 is 0. The van der Waals surface area contributed by atoms with Crippen molar-refractivity contribution in [1.82, 2.24) is 15.2 Å². The first-order valence-electron chi connectivity index (χ1n) is 7.31. The zero-order chi connectivity index (χ0) is 17.6. The van der Waals surface area contributed by atoms with Crippen molar-refractivity contribution in [3.05, 3.63) is 59.7 Å². The van der Waals surface area contributed by atoms with Crippen molar-refractivity contribution in [2.24, 2.45) is 0 Å². The van der Waals surface area contributed by atoms with Crippen molar-refractivity contribution in [2.75, 3.05) is 0 Å². The number of halogens is 2. The molecule has 0 fully saturated rings. The van der Waals surface area contributed by atoms with Gasteiger partial charge >= 0.3 is 6.43 Å². The summed E-state index contributed by atoms with van der Waals surface area (Å²) in [6.45, 7) is 0.240. The van der Waals surface area contributed by atoms with Gasteiger partial charge in [0.25, 0.3) is 5.89 Å². The largest absolute Gasteiger partial charge is 0.487 e. The molecule has 6 nitrogen and oxygen atoms in total. The molecule has 0 unspecified atom stereocenters. The van der Waals surface area contributed by atoms with Crippen LogP contribution in [-0.2, 0) is 13.0 Å². The van der Waals surface area contributed by atoms with Crippen LogP contribution in [-0.4, -0.2) is 15.2 Å². The topological polar surface area (TPSA) is 84.8 Å². The Bertz CT molecular complexity index is 871. The van der Waals surface area contributed by atoms with Crippen LogP contribution < -0.4 is 4.74 Å². The van der Waals surface area contributed by atoms with E-state index in [9.17, 15) is 8.78 Å². The van der Waals surface area contributed by atoms with Gasteiger partial charge in [-0.15, -0.1) is 10.2 Å². The molecule has 2 aromatic heterocycles. The van der Waals surface area contributed by atoms with Crippen molar-refractivity contribution in [2.45, 2.75) is 19.5 Å². The summed E-state index contributed by atoms with van der Waals surface area (Å²) in [5, 5.41) is 15.5. The van der Waals surface area contributed by atoms with Crippen LogP contribution in [0.3, 0.4) is 0 Å². The van der Waals surface area contributed by atoms with Crippen LogP contribution >= 0.6 is 0 Å². The highest BCUT2D eigenvalue weighted by atomic mass is 19.3. The molecule has 0 atom stereocenters. The first-order valence-corrected chi connectivity index (χ1v) is 7.31. The van der Waals surface area contributed by atoms with Crippen LogP contribution in [0.15, 0.2) is 47.0 Å². The lowest BCUT2D eigenvalue weighted by atomic mass is 10.2. The molecule has 0 radical (unpaired) electrons. The van der Waals surface area contributed by atoms with E-state index in [-0.39, 0.29) is 12.5 Å². The molecule has 8 heteroatoms. The number of ether oxygens (including phenoxy) is 1. The fraction of sp³-hybridized carbons (Fsp3) is 0.176. The van der Waals surface area contributed by atoms with Gasteiger partial charge in [-0.2, -0.15) is 14.0 Å². The van der Waals surface area contributed by atoms with E-state index in [0.29, 0.717) is 23.4 Å². The van der Waals surface area contributed by atoms with E-state index in [2.05, 4.69) is 21.3 Å². The Morgan fingerprint density at radius 3 is 2.52 bits per heavy atom. The third-order valence-electron chi connectivity index (χ3n) is 3.29. The maximum atomic E-state index is 12.4. The highest BCUT2D eigenvalue weighted by Gasteiger charge is 2.17. The van der Waals surface area contributed by atoms with Crippen molar-refractivity contribution in [3.63, 3.8) is 0 Å². The first-order chi connectivity index (χ1) is 12.2. The van der Waals surface area contributed by atoms with Gasteiger partial charge in [0, 0.05) is 6.20 Å². The molecule has 0 aliphatic heterocycles. The number of benzene rings is 1. The van der Waals surface area contributed by atoms with E-state index in [4.69, 9.17) is 14.4 Å². The molecule has 0 saturated heterocycles. The van der Waals surface area contributed by atoms with Crippen LogP contribution in [0, 0.1) is 11.3 Å². The fourth-order valence-electron chi connectivity index (χ4n) is 2.03. The molecular weight excluding hydrogens is 330 g/mol. The Hall–Kier alpha value is -3.34. The van der Waals surface area contributed by atoms with Gasteiger partial charge in [-0.05, 0) is 29.8 Å². The number of hydrogen-bond acceptors (Lipinski definition) is 6. The lowest BCUT2D eigenvalue weighted by Crippen LogP contribution is -1.98. The minimum Gasteiger partial charge on any atom is -0.487 e. The van der Waals surface area contributed by atoms with E-state index in [1.165, 1.54) is 6.20 Å². The minimum absolute atomic E-state index is 0.0108. The molecule has 0 bridgehead atoms. The molecule has 3 aromatic rings. The predicted octanol–water partition coefficient (Wildman–Crippen LogP) is 3.71. The number of nitrogens with zero attached hydrogens (tertiary/aromatic N) is 4. The molecule has 126 valence electrons. The fourth-order valence-corrected chi connectivity index (χ4v) is 2.03. The Kier molecular flexibility index (Phi) is 4.95. The Morgan fingerprint density at radius 2 is 1.92 bits per heavy atom. The monoisotopic (exact) mass is 342 g/mol. The number of nitriles is 1. The van der Waals surface area contributed by atoms with Crippen molar-refractivity contribution < 1.29 is 17.9 Å². The zero-order valence-corrected chi connectivity index (χ0v) is 12.9. The van der Waals surface area contributed by atoms with Gasteiger partial charge in [-0.25, -0.2) is 0 Å². The smallest absolute Gasteiger partial charge is 0.314 e. The SMILES string of the molecule is N#CCc1ccc(OCc2ccc(-c3nnc(C(F)F)o3)cn2)cc1. The van der Waals surface area contributed by atoms with E-state index in [0.717, 1.165) is 5.56 Å². The van der Waals surface area contributed by atoms with Gasteiger partial charge in [-0.1, -0.05) is 12.1 Å². The van der Waals surface area contributed by atoms with Gasteiger partial charge in [0.05, 0.1) is 23.7 Å². The second-order valence-corrected chi connectivity index (χ2v) is 5.05. The lowest BCUT2D eigenvalue weighted by molar-refractivity contribution is 0.116. The van der Waals surface area contributed by atoms with Crippen LogP contribution in [0.5, 0.6) is 5.75 Å². The summed E-state index contributed by atoms with van der Waals surface area (Å²) in [6.07, 6.45) is -0.995. The summed E-state index contributed by atoms with van der Waals surface area (Å²) in [4.78, 5) is 4.19. The summed E-state index contributed by atoms with van der Waals surface area (Å²) in [7, 11) is 0. The maximum Gasteiger partial charge on any atom is 0.314 e. The third-order valence-corrected chi connectivity index (χ3v) is 3.29. The van der Waals surface area contributed by atoms with Crippen LogP contribution in [0.1, 0.15) is 23.6 Å². The molecule has 0 aliphatic carbocycles. The van der Waals surface area contributed by atoms with E-state index < -0.39 is 12.3 Å². The number of pyridine rings is 1. The molecule has 0 spiro atoms. The normalized spacial score (nSPS) is 10.6. The summed E-state index contributed by atoms with van der Waals surface area (Å²) < 4.78 is 35.4. The Balaban J connectivity index is 1.61. The maximum absolute atomic E-state index is 12.4. The molecule has 0 saturated carbocycles. The molecule has 25 heavy (non-hydrogen) atoms. The predicted molar refractivity (Wildman–Crippen MR) is 82.6 cm³/mol. The first kappa shape index (κ1) is 16.5. The van der Waals surface area contributed by atoms with Crippen LogP contribution in [0.2, 0.25) is 0 Å². The highest BCUT2D eigenvalue weighted by Crippen LogP contribution is 2.23. The average Bonchev–Trinajstić information content (AvgIpc) is 3.12. The summed E-state index contributed by atoms with van der Waals surface area (Å²) in [5.41, 5.74) is 2.02. The van der Waals surface area contributed by atoms with Crippen LogP contribution in [0.25, 0.3) is 11.5 Å². The number of rotatable bonds is 6. The molecule has 0 amide bonds. The molecular formula is C17H12F2N4O2. The zero-order valence-electron chi connectivity index (χ0n) is 12.9. The van der Waals surface area contributed by atoms with Gasteiger partial charge < -0.3 is 9.15 Å². The van der Waals surface area contributed by atoms with Gasteiger partial charge in [-0.3, -0.25) is 4.98 Å². The minimum atomic E-state index is -2.80. The van der Waals surface area contributed by atoms with Crippen LogP contribution in [0.4, 0.5) is 8.78 Å². The second kappa shape index (κ2) is 7.49. The third kappa shape index (κ3) is 4.14. The summed E-state index contributed by atoms with van der Waals surface area (Å²) in [5.74, 6) is -0.0725. The van der Waals surface area contributed by atoms with Crippen molar-refractivity contribution >= 4 is 0 Å². The number of aromatic nitrogens is 3. The quantitative estimate of drug-likeness (QED) is 0.679. The van der Waals surface area contributed by atoms with Gasteiger partial charge in [0.15, 0.2) is 0 Å². The van der Waals surface area contributed by atoms with E-state index >= 15 is 0 Å². The Labute approximate surface area is 141 Å². The number of hydrogen-bond donors (Lipinski definition) is 0. The molecule has 0 aliphatic rings. The van der Waals surface area contributed by atoms with E-state index in [1.54, 1.807) is 24.3 Å². The highest BCUT2D eigenvalue weighted by molar-refractivity contribution is 5.50. The summed E-state index contributed by atoms with van der Waals surface area (Å²) in [6, 6.07) is 12.6. The second-order valence-electron chi connectivity index (χ2n) is 5.05. The van der Waals surface area contributed by atoms with E-state index in [1.807, 2.05) is 12.1 Å².